The van der Waals surface area contributed by atoms with E-state index in [1.54, 1.807) is 11.3 Å². The summed E-state index contributed by atoms with van der Waals surface area (Å²) in [5.74, 6) is -0.143. The highest BCUT2D eigenvalue weighted by atomic mass is 32.1. The van der Waals surface area contributed by atoms with Crippen molar-refractivity contribution in [3.63, 3.8) is 0 Å². The van der Waals surface area contributed by atoms with E-state index >= 15 is 0 Å². The van der Waals surface area contributed by atoms with Crippen molar-refractivity contribution in [2.24, 2.45) is 5.92 Å². The van der Waals surface area contributed by atoms with E-state index in [0.717, 1.165) is 48.7 Å². The summed E-state index contributed by atoms with van der Waals surface area (Å²) >= 11 is 1.68. The highest BCUT2D eigenvalue weighted by Gasteiger charge is 2.29. The number of carbonyl (C=O) groups is 2. The van der Waals surface area contributed by atoms with Gasteiger partial charge < -0.3 is 9.64 Å². The number of rotatable bonds is 8. The van der Waals surface area contributed by atoms with Crippen molar-refractivity contribution < 1.29 is 14.3 Å². The standard InChI is InChI=1S/C22H29N3O3S/c1-17-23-20(16-29-17)15-24-11-8-19(9-12-24)22(27)25(13-10-21(26)28-2)14-18-6-4-3-5-7-18/h3-7,16,19H,8-15H2,1-2H3. The van der Waals surface area contributed by atoms with Gasteiger partial charge in [-0.05, 0) is 38.4 Å². The lowest BCUT2D eigenvalue weighted by Crippen LogP contribution is -2.42. The number of aromatic nitrogens is 1. The Labute approximate surface area is 176 Å². The number of hydrogen-bond acceptors (Lipinski definition) is 6. The predicted octanol–water partition coefficient (Wildman–Crippen LogP) is 3.26. The number of nitrogens with zero attached hydrogens (tertiary/aromatic N) is 3. The third-order valence-electron chi connectivity index (χ3n) is 5.33. The normalized spacial score (nSPS) is 15.2. The molecule has 1 saturated heterocycles. The maximum absolute atomic E-state index is 13.2. The van der Waals surface area contributed by atoms with Crippen molar-refractivity contribution >= 4 is 23.2 Å². The summed E-state index contributed by atoms with van der Waals surface area (Å²) in [5, 5.41) is 3.20. The van der Waals surface area contributed by atoms with Crippen LogP contribution < -0.4 is 0 Å². The van der Waals surface area contributed by atoms with Gasteiger partial charge >= 0.3 is 5.97 Å². The molecular weight excluding hydrogens is 386 g/mol. The Kier molecular flexibility index (Phi) is 7.77. The minimum atomic E-state index is -0.288. The molecule has 1 aromatic heterocycles. The minimum Gasteiger partial charge on any atom is -0.469 e. The molecule has 0 saturated carbocycles. The molecule has 1 amide bonds. The molecule has 1 fully saturated rings. The number of benzene rings is 1. The average molecular weight is 416 g/mol. The Morgan fingerprint density at radius 3 is 2.59 bits per heavy atom. The Morgan fingerprint density at radius 2 is 1.97 bits per heavy atom. The van der Waals surface area contributed by atoms with Gasteiger partial charge in [-0.2, -0.15) is 0 Å². The molecule has 0 bridgehead atoms. The summed E-state index contributed by atoms with van der Waals surface area (Å²) in [6.07, 6.45) is 1.90. The van der Waals surface area contributed by atoms with Crippen molar-refractivity contribution in [2.75, 3.05) is 26.7 Å². The van der Waals surface area contributed by atoms with Crippen LogP contribution in [0.25, 0.3) is 0 Å². The van der Waals surface area contributed by atoms with Gasteiger partial charge in [-0.15, -0.1) is 11.3 Å². The third-order valence-corrected chi connectivity index (χ3v) is 6.15. The number of hydrogen-bond donors (Lipinski definition) is 0. The lowest BCUT2D eigenvalue weighted by atomic mass is 9.94. The van der Waals surface area contributed by atoms with Gasteiger partial charge in [0, 0.05) is 30.9 Å². The number of piperidine rings is 1. The number of esters is 1. The molecule has 0 radical (unpaired) electrons. The zero-order chi connectivity index (χ0) is 20.6. The molecule has 0 N–H and O–H groups in total. The van der Waals surface area contributed by atoms with E-state index in [1.165, 1.54) is 7.11 Å². The molecule has 29 heavy (non-hydrogen) atoms. The molecule has 0 unspecified atom stereocenters. The van der Waals surface area contributed by atoms with Crippen molar-refractivity contribution in [3.8, 4) is 0 Å². The first-order chi connectivity index (χ1) is 14.0. The zero-order valence-corrected chi connectivity index (χ0v) is 18.0. The van der Waals surface area contributed by atoms with Crippen LogP contribution in [0.5, 0.6) is 0 Å². The van der Waals surface area contributed by atoms with E-state index in [4.69, 9.17) is 4.74 Å². The number of amides is 1. The molecule has 2 heterocycles. The molecule has 2 aromatic rings. The summed E-state index contributed by atoms with van der Waals surface area (Å²) < 4.78 is 4.76. The van der Waals surface area contributed by atoms with Crippen molar-refractivity contribution in [3.05, 3.63) is 52.0 Å². The topological polar surface area (TPSA) is 62.7 Å². The van der Waals surface area contributed by atoms with Crippen molar-refractivity contribution in [2.45, 2.75) is 39.3 Å². The van der Waals surface area contributed by atoms with Crippen LogP contribution in [0.2, 0.25) is 0 Å². The van der Waals surface area contributed by atoms with Gasteiger partial charge in [-0.25, -0.2) is 4.98 Å². The summed E-state index contributed by atoms with van der Waals surface area (Å²) in [6.45, 7) is 5.57. The zero-order valence-electron chi connectivity index (χ0n) is 17.2. The SMILES string of the molecule is COC(=O)CCN(Cc1ccccc1)C(=O)C1CCN(Cc2csc(C)n2)CC1. The molecule has 156 valence electrons. The van der Waals surface area contributed by atoms with E-state index < -0.39 is 0 Å². The lowest BCUT2D eigenvalue weighted by molar-refractivity contribution is -0.143. The van der Waals surface area contributed by atoms with E-state index in [0.29, 0.717) is 13.1 Å². The summed E-state index contributed by atoms with van der Waals surface area (Å²) in [6, 6.07) is 9.92. The van der Waals surface area contributed by atoms with Crippen LogP contribution in [0.1, 0.15) is 35.5 Å². The predicted molar refractivity (Wildman–Crippen MR) is 113 cm³/mol. The first-order valence-electron chi connectivity index (χ1n) is 10.1. The Hall–Kier alpha value is -2.25. The number of thiazole rings is 1. The Bertz CT molecular complexity index is 801. The van der Waals surface area contributed by atoms with Gasteiger partial charge in [-0.1, -0.05) is 30.3 Å². The molecule has 3 rings (SSSR count). The molecule has 1 aromatic carbocycles. The molecule has 0 atom stereocenters. The van der Waals surface area contributed by atoms with E-state index in [9.17, 15) is 9.59 Å². The van der Waals surface area contributed by atoms with E-state index in [1.807, 2.05) is 42.2 Å². The maximum atomic E-state index is 13.2. The van der Waals surface area contributed by atoms with Crippen LogP contribution in [0, 0.1) is 12.8 Å². The van der Waals surface area contributed by atoms with Crippen LogP contribution in [-0.4, -0.2) is 53.4 Å². The van der Waals surface area contributed by atoms with E-state index in [2.05, 4.69) is 15.3 Å². The third kappa shape index (κ3) is 6.37. The second-order valence-electron chi connectivity index (χ2n) is 7.48. The molecule has 0 spiro atoms. The fraction of sp³-hybridized carbons (Fsp3) is 0.500. The second-order valence-corrected chi connectivity index (χ2v) is 8.54. The Balaban J connectivity index is 1.57. The number of methoxy groups -OCH3 is 1. The van der Waals surface area contributed by atoms with Crippen LogP contribution in [0.4, 0.5) is 0 Å². The second kappa shape index (κ2) is 10.5. The quantitative estimate of drug-likeness (QED) is 0.620. The summed E-state index contributed by atoms with van der Waals surface area (Å²) in [5.41, 5.74) is 2.18. The molecule has 6 nitrogen and oxygen atoms in total. The maximum Gasteiger partial charge on any atom is 0.307 e. The van der Waals surface area contributed by atoms with Crippen LogP contribution >= 0.6 is 11.3 Å². The summed E-state index contributed by atoms with van der Waals surface area (Å²) in [7, 11) is 1.38. The highest BCUT2D eigenvalue weighted by molar-refractivity contribution is 7.09. The van der Waals surface area contributed by atoms with Crippen molar-refractivity contribution in [1.82, 2.24) is 14.8 Å². The largest absolute Gasteiger partial charge is 0.469 e. The molecule has 1 aliphatic heterocycles. The molecule has 0 aliphatic carbocycles. The van der Waals surface area contributed by atoms with Crippen LogP contribution in [0.15, 0.2) is 35.7 Å². The van der Waals surface area contributed by atoms with Gasteiger partial charge in [0.05, 0.1) is 24.2 Å². The number of carbonyl (C=O) groups excluding carboxylic acids is 2. The highest BCUT2D eigenvalue weighted by Crippen LogP contribution is 2.23. The monoisotopic (exact) mass is 415 g/mol. The molecule has 7 heteroatoms. The summed E-state index contributed by atoms with van der Waals surface area (Å²) in [4.78, 5) is 33.6. The van der Waals surface area contributed by atoms with Crippen LogP contribution in [-0.2, 0) is 27.4 Å². The van der Waals surface area contributed by atoms with E-state index in [-0.39, 0.29) is 24.2 Å². The Morgan fingerprint density at radius 1 is 1.24 bits per heavy atom. The molecule has 1 aliphatic rings. The van der Waals surface area contributed by atoms with Crippen LogP contribution in [0.3, 0.4) is 0 Å². The minimum absolute atomic E-state index is 0.00443. The first kappa shape index (κ1) is 21.5. The number of likely N-dealkylation sites (tertiary alicyclic amines) is 1. The van der Waals surface area contributed by atoms with Gasteiger partial charge in [-0.3, -0.25) is 14.5 Å². The number of ether oxygens (including phenoxy) is 1. The van der Waals surface area contributed by atoms with Gasteiger partial charge in [0.2, 0.25) is 5.91 Å². The lowest BCUT2D eigenvalue weighted by Gasteiger charge is -2.34. The fourth-order valence-electron chi connectivity index (χ4n) is 3.71. The van der Waals surface area contributed by atoms with Gasteiger partial charge in [0.15, 0.2) is 0 Å². The molecular formula is C22H29N3O3S. The van der Waals surface area contributed by atoms with Gasteiger partial charge in [0.1, 0.15) is 0 Å². The fourth-order valence-corrected chi connectivity index (χ4v) is 4.31. The number of aryl methyl sites for hydroxylation is 1. The average Bonchev–Trinajstić information content (AvgIpc) is 3.16. The first-order valence-corrected chi connectivity index (χ1v) is 11.0. The smallest absolute Gasteiger partial charge is 0.307 e. The van der Waals surface area contributed by atoms with Crippen molar-refractivity contribution in [1.29, 1.82) is 0 Å². The van der Waals surface area contributed by atoms with Gasteiger partial charge in [0.25, 0.3) is 0 Å².